The Morgan fingerprint density at radius 1 is 1.28 bits per heavy atom. The molecule has 0 radical (unpaired) electrons. The quantitative estimate of drug-likeness (QED) is 0.876. The van der Waals surface area contributed by atoms with Crippen molar-refractivity contribution < 1.29 is 18.3 Å². The summed E-state index contributed by atoms with van der Waals surface area (Å²) in [5.74, 6) is -1.07. The van der Waals surface area contributed by atoms with Gasteiger partial charge in [0, 0.05) is 37.8 Å². The van der Waals surface area contributed by atoms with E-state index in [1.54, 1.807) is 7.11 Å². The molecule has 1 aliphatic carbocycles. The van der Waals surface area contributed by atoms with E-state index in [9.17, 15) is 8.78 Å². The molecule has 0 heterocycles. The fourth-order valence-corrected chi connectivity index (χ4v) is 2.25. The summed E-state index contributed by atoms with van der Waals surface area (Å²) < 4.78 is 36.9. The van der Waals surface area contributed by atoms with Gasteiger partial charge in [-0.1, -0.05) is 6.92 Å². The molecule has 1 aromatic carbocycles. The van der Waals surface area contributed by atoms with Crippen LogP contribution in [0.15, 0.2) is 18.2 Å². The fourth-order valence-electron chi connectivity index (χ4n) is 2.25. The van der Waals surface area contributed by atoms with Gasteiger partial charge in [-0.2, -0.15) is 0 Å². The van der Waals surface area contributed by atoms with Crippen molar-refractivity contribution in [3.63, 3.8) is 0 Å². The molecule has 3 nitrogen and oxygen atoms in total. The Morgan fingerprint density at radius 3 is 2.50 bits per heavy atom. The van der Waals surface area contributed by atoms with E-state index < -0.39 is 11.6 Å². The third-order valence-corrected chi connectivity index (χ3v) is 3.11. The van der Waals surface area contributed by atoms with E-state index in [2.05, 4.69) is 5.32 Å². The number of halogens is 2. The van der Waals surface area contributed by atoms with Crippen LogP contribution in [0.25, 0.3) is 0 Å². The van der Waals surface area contributed by atoms with Crippen LogP contribution < -0.4 is 10.1 Å². The van der Waals surface area contributed by atoms with Gasteiger partial charge >= 0.3 is 0 Å². The summed E-state index contributed by atoms with van der Waals surface area (Å²) in [6, 6.07) is 3.42. The topological polar surface area (TPSA) is 30.5 Å². The van der Waals surface area contributed by atoms with Crippen LogP contribution in [0.3, 0.4) is 0 Å². The Kier molecular flexibility index (Phi) is 4.14. The van der Waals surface area contributed by atoms with Crippen LogP contribution in [-0.4, -0.2) is 31.9 Å². The van der Waals surface area contributed by atoms with Gasteiger partial charge in [-0.15, -0.1) is 0 Å². The molecule has 2 rings (SSSR count). The molecule has 0 bridgehead atoms. The Hall–Kier alpha value is -1.20. The number of rotatable bonds is 5. The van der Waals surface area contributed by atoms with E-state index in [1.165, 1.54) is 12.1 Å². The van der Waals surface area contributed by atoms with Crippen LogP contribution in [0.5, 0.6) is 5.75 Å². The number of ether oxygens (including phenoxy) is 2. The molecule has 18 heavy (non-hydrogen) atoms. The molecule has 1 fully saturated rings. The van der Waals surface area contributed by atoms with Crippen LogP contribution in [0.2, 0.25) is 0 Å². The maximum Gasteiger partial charge on any atom is 0.129 e. The second-order valence-electron chi connectivity index (χ2n) is 4.36. The van der Waals surface area contributed by atoms with E-state index >= 15 is 0 Å². The Labute approximate surface area is 105 Å². The second kappa shape index (κ2) is 5.63. The molecule has 100 valence electrons. The Morgan fingerprint density at radius 2 is 1.94 bits per heavy atom. The molecule has 1 N–H and O–H groups in total. The van der Waals surface area contributed by atoms with Crippen molar-refractivity contribution in [1.82, 2.24) is 5.32 Å². The molecule has 0 amide bonds. The Balaban J connectivity index is 1.98. The highest BCUT2D eigenvalue weighted by Crippen LogP contribution is 2.29. The zero-order valence-corrected chi connectivity index (χ0v) is 10.5. The van der Waals surface area contributed by atoms with Crippen molar-refractivity contribution in [1.29, 1.82) is 0 Å². The van der Waals surface area contributed by atoms with Crippen molar-refractivity contribution in [3.05, 3.63) is 29.8 Å². The first-order chi connectivity index (χ1) is 8.63. The fraction of sp³-hybridized carbons (Fsp3) is 0.538. The predicted molar refractivity (Wildman–Crippen MR) is 63.7 cm³/mol. The predicted octanol–water partition coefficient (Wildman–Crippen LogP) is 2.11. The maximum atomic E-state index is 13.0. The van der Waals surface area contributed by atoms with Crippen LogP contribution in [0.1, 0.15) is 13.3 Å². The molecule has 0 saturated heterocycles. The Bertz CT molecular complexity index is 394. The average molecular weight is 257 g/mol. The lowest BCUT2D eigenvalue weighted by atomic mass is 9.85. The molecule has 3 atom stereocenters. The van der Waals surface area contributed by atoms with Gasteiger partial charge in [-0.3, -0.25) is 0 Å². The van der Waals surface area contributed by atoms with E-state index in [0.717, 1.165) is 19.0 Å². The van der Waals surface area contributed by atoms with Gasteiger partial charge in [0.05, 0.1) is 0 Å². The minimum Gasteiger partial charge on any atom is -0.487 e. The van der Waals surface area contributed by atoms with Crippen LogP contribution >= 0.6 is 0 Å². The third kappa shape index (κ3) is 2.79. The van der Waals surface area contributed by atoms with Gasteiger partial charge in [-0.25, -0.2) is 8.78 Å². The summed E-state index contributed by atoms with van der Waals surface area (Å²) in [6.07, 6.45) is 0.515. The summed E-state index contributed by atoms with van der Waals surface area (Å²) in [5.41, 5.74) is 0. The lowest BCUT2D eigenvalue weighted by Gasteiger charge is -2.43. The molecular formula is C13H17F2NO2. The first-order valence-electron chi connectivity index (χ1n) is 6.03. The normalized spacial score (nSPS) is 26.8. The van der Waals surface area contributed by atoms with E-state index in [1.807, 2.05) is 6.92 Å². The number of hydrogen-bond acceptors (Lipinski definition) is 3. The molecule has 1 saturated carbocycles. The number of nitrogens with one attached hydrogen (secondary N) is 1. The van der Waals surface area contributed by atoms with Gasteiger partial charge in [-0.05, 0) is 6.54 Å². The first kappa shape index (κ1) is 13.2. The minimum atomic E-state index is -0.637. The summed E-state index contributed by atoms with van der Waals surface area (Å²) in [6.45, 7) is 2.87. The smallest absolute Gasteiger partial charge is 0.129 e. The molecule has 1 aromatic rings. The van der Waals surface area contributed by atoms with E-state index in [-0.39, 0.29) is 24.0 Å². The molecule has 0 spiro atoms. The molecule has 0 aliphatic heterocycles. The highest BCUT2D eigenvalue weighted by molar-refractivity contribution is 5.24. The van der Waals surface area contributed by atoms with Crippen molar-refractivity contribution in [2.45, 2.75) is 31.6 Å². The largest absolute Gasteiger partial charge is 0.487 e. The maximum absolute atomic E-state index is 13.0. The van der Waals surface area contributed by atoms with Crippen LogP contribution in [0, 0.1) is 11.6 Å². The SMILES string of the molecule is CCNC1CC(Oc2cc(F)cc(F)c2)C1OC. The number of benzene rings is 1. The van der Waals surface area contributed by atoms with Gasteiger partial charge < -0.3 is 14.8 Å². The van der Waals surface area contributed by atoms with Crippen molar-refractivity contribution in [2.24, 2.45) is 0 Å². The molecule has 0 aromatic heterocycles. The summed E-state index contributed by atoms with van der Waals surface area (Å²) >= 11 is 0. The number of methoxy groups -OCH3 is 1. The second-order valence-corrected chi connectivity index (χ2v) is 4.36. The first-order valence-corrected chi connectivity index (χ1v) is 6.03. The third-order valence-electron chi connectivity index (χ3n) is 3.11. The van der Waals surface area contributed by atoms with Crippen molar-refractivity contribution in [2.75, 3.05) is 13.7 Å². The molecule has 5 heteroatoms. The monoisotopic (exact) mass is 257 g/mol. The van der Waals surface area contributed by atoms with Gasteiger partial charge in [0.15, 0.2) is 0 Å². The van der Waals surface area contributed by atoms with Crippen molar-refractivity contribution >= 4 is 0 Å². The molecule has 1 aliphatic rings. The molecular weight excluding hydrogens is 240 g/mol. The summed E-state index contributed by atoms with van der Waals surface area (Å²) in [4.78, 5) is 0. The standard InChI is InChI=1S/C13H17F2NO2/c1-3-16-11-7-12(13(11)17-2)18-10-5-8(14)4-9(15)6-10/h4-6,11-13,16H,3,7H2,1-2H3. The number of likely N-dealkylation sites (N-methyl/N-ethyl adjacent to an activating group) is 1. The van der Waals surface area contributed by atoms with Gasteiger partial charge in [0.25, 0.3) is 0 Å². The highest BCUT2D eigenvalue weighted by Gasteiger charge is 2.42. The zero-order valence-electron chi connectivity index (χ0n) is 10.5. The van der Waals surface area contributed by atoms with Crippen LogP contribution in [0.4, 0.5) is 8.78 Å². The van der Waals surface area contributed by atoms with Gasteiger partial charge in [0.2, 0.25) is 0 Å². The lowest BCUT2D eigenvalue weighted by Crippen LogP contribution is -2.60. The minimum absolute atomic E-state index is 0.0868. The highest BCUT2D eigenvalue weighted by atomic mass is 19.1. The van der Waals surface area contributed by atoms with Gasteiger partial charge in [0.1, 0.15) is 29.6 Å². The summed E-state index contributed by atoms with van der Waals surface area (Å²) in [5, 5.41) is 3.27. The number of hydrogen-bond donors (Lipinski definition) is 1. The molecule has 3 unspecified atom stereocenters. The van der Waals surface area contributed by atoms with E-state index in [0.29, 0.717) is 0 Å². The average Bonchev–Trinajstić information content (AvgIpc) is 2.26. The van der Waals surface area contributed by atoms with Crippen LogP contribution in [-0.2, 0) is 4.74 Å². The van der Waals surface area contributed by atoms with E-state index in [4.69, 9.17) is 9.47 Å². The lowest BCUT2D eigenvalue weighted by molar-refractivity contribution is -0.0885. The summed E-state index contributed by atoms with van der Waals surface area (Å²) in [7, 11) is 1.61. The van der Waals surface area contributed by atoms with Crippen molar-refractivity contribution in [3.8, 4) is 5.75 Å². The zero-order chi connectivity index (χ0) is 13.1.